The van der Waals surface area contributed by atoms with E-state index in [0.29, 0.717) is 11.3 Å². The van der Waals surface area contributed by atoms with Gasteiger partial charge in [0.15, 0.2) is 0 Å². The van der Waals surface area contributed by atoms with Gasteiger partial charge in [0, 0.05) is 5.66 Å². The first kappa shape index (κ1) is 22.1. The van der Waals surface area contributed by atoms with Crippen LogP contribution in [0.5, 0.6) is 11.5 Å². The van der Waals surface area contributed by atoms with E-state index < -0.39 is 16.3 Å². The van der Waals surface area contributed by atoms with Crippen molar-refractivity contribution >= 4 is 26.9 Å². The minimum atomic E-state index is -1.15. The summed E-state index contributed by atoms with van der Waals surface area (Å²) >= 11 is 0. The molecular weight excluding hydrogens is 442 g/mol. The smallest absolute Gasteiger partial charge is 0.294 e. The Kier molecular flexibility index (Phi) is 7.36. The SMILES string of the molecule is c1ccc(OP(Oc2ccccc2)[C@H]2CCC[C@@H]2P(c2ccccc2)c2ccccc2)cc1. The summed E-state index contributed by atoms with van der Waals surface area (Å²) in [5.41, 5.74) is 0.885. The molecule has 0 amide bonds. The predicted octanol–water partition coefficient (Wildman–Crippen LogP) is 7.51. The molecule has 0 aromatic heterocycles. The molecule has 4 heteroatoms. The summed E-state index contributed by atoms with van der Waals surface area (Å²) in [7, 11) is -1.67. The summed E-state index contributed by atoms with van der Waals surface area (Å²) < 4.78 is 13.2. The predicted molar refractivity (Wildman–Crippen MR) is 142 cm³/mol. The average Bonchev–Trinajstić information content (AvgIpc) is 3.36. The summed E-state index contributed by atoms with van der Waals surface area (Å²) in [5, 5.41) is 2.87. The van der Waals surface area contributed by atoms with Crippen LogP contribution in [0.25, 0.3) is 0 Å². The molecule has 2 atom stereocenters. The number of benzene rings is 4. The zero-order valence-electron chi connectivity index (χ0n) is 18.5. The maximum atomic E-state index is 6.61. The Morgan fingerprint density at radius 1 is 0.485 bits per heavy atom. The third kappa shape index (κ3) is 5.47. The fourth-order valence-corrected chi connectivity index (χ4v) is 10.0. The van der Waals surface area contributed by atoms with Gasteiger partial charge in [0.1, 0.15) is 11.5 Å². The second-order valence-corrected chi connectivity index (χ2v) is 12.2. The van der Waals surface area contributed by atoms with E-state index in [4.69, 9.17) is 9.05 Å². The highest BCUT2D eigenvalue weighted by atomic mass is 31.2. The molecule has 0 aliphatic heterocycles. The summed E-state index contributed by atoms with van der Waals surface area (Å²) in [4.78, 5) is 0. The zero-order chi connectivity index (χ0) is 22.3. The number of rotatable bonds is 8. The topological polar surface area (TPSA) is 18.5 Å². The van der Waals surface area contributed by atoms with Gasteiger partial charge < -0.3 is 9.05 Å². The quantitative estimate of drug-likeness (QED) is 0.248. The standard InChI is InChI=1S/C29H28O2P2/c1-5-14-24(15-6-1)30-33(31-25-16-7-2-8-17-25)29-23-13-22-28(29)32(26-18-9-3-10-19-26)27-20-11-4-12-21-27/h1-12,14-21,28-29H,13,22-23H2/t28-,29-/m0/s1. The molecule has 2 nitrogen and oxygen atoms in total. The molecule has 1 saturated carbocycles. The third-order valence-electron chi connectivity index (χ3n) is 5.99. The summed E-state index contributed by atoms with van der Waals surface area (Å²) in [6.45, 7) is 0. The summed E-state index contributed by atoms with van der Waals surface area (Å²) in [6, 6.07) is 42.4. The highest BCUT2D eigenvalue weighted by Crippen LogP contribution is 2.59. The van der Waals surface area contributed by atoms with Gasteiger partial charge in [-0.3, -0.25) is 0 Å². The average molecular weight is 470 g/mol. The highest BCUT2D eigenvalue weighted by Gasteiger charge is 2.43. The van der Waals surface area contributed by atoms with E-state index in [1.54, 1.807) is 0 Å². The van der Waals surface area contributed by atoms with Gasteiger partial charge in [0.2, 0.25) is 0 Å². The first-order valence-corrected chi connectivity index (χ1v) is 14.2. The molecule has 0 radical (unpaired) electrons. The van der Waals surface area contributed by atoms with Crippen LogP contribution in [0, 0.1) is 0 Å². The molecule has 0 saturated heterocycles. The second kappa shape index (κ2) is 11.0. The van der Waals surface area contributed by atoms with Crippen LogP contribution in [0.15, 0.2) is 121 Å². The molecule has 0 unspecified atom stereocenters. The molecule has 1 aliphatic rings. The van der Waals surface area contributed by atoms with Crippen LogP contribution in [0.2, 0.25) is 0 Å². The molecule has 5 rings (SSSR count). The Hall–Kier alpha value is -2.66. The van der Waals surface area contributed by atoms with E-state index in [0.717, 1.165) is 17.9 Å². The van der Waals surface area contributed by atoms with Crippen LogP contribution in [0.3, 0.4) is 0 Å². The number of hydrogen-bond donors (Lipinski definition) is 0. The zero-order valence-corrected chi connectivity index (χ0v) is 20.3. The van der Waals surface area contributed by atoms with Gasteiger partial charge in [0.25, 0.3) is 8.38 Å². The van der Waals surface area contributed by atoms with Crippen molar-refractivity contribution in [3.63, 3.8) is 0 Å². The maximum absolute atomic E-state index is 6.61. The molecule has 0 bridgehead atoms. The van der Waals surface area contributed by atoms with E-state index in [2.05, 4.69) is 60.7 Å². The van der Waals surface area contributed by atoms with Gasteiger partial charge in [-0.05, 0) is 55.6 Å². The fourth-order valence-electron chi connectivity index (χ4n) is 4.50. The van der Waals surface area contributed by atoms with E-state index in [-0.39, 0.29) is 0 Å². The van der Waals surface area contributed by atoms with Crippen LogP contribution in [-0.4, -0.2) is 11.3 Å². The van der Waals surface area contributed by atoms with Gasteiger partial charge in [-0.15, -0.1) is 0 Å². The Morgan fingerprint density at radius 3 is 1.33 bits per heavy atom. The largest absolute Gasteiger partial charge is 0.438 e. The Balaban J connectivity index is 1.50. The molecular formula is C29H28O2P2. The van der Waals surface area contributed by atoms with Crippen molar-refractivity contribution in [1.29, 1.82) is 0 Å². The Labute approximate surface area is 199 Å². The lowest BCUT2D eigenvalue weighted by Gasteiger charge is -2.33. The lowest BCUT2D eigenvalue weighted by atomic mass is 10.3. The van der Waals surface area contributed by atoms with Gasteiger partial charge in [-0.2, -0.15) is 0 Å². The molecule has 1 aliphatic carbocycles. The van der Waals surface area contributed by atoms with Crippen molar-refractivity contribution in [2.24, 2.45) is 0 Å². The van der Waals surface area contributed by atoms with Gasteiger partial charge in [-0.25, -0.2) is 0 Å². The van der Waals surface area contributed by atoms with Crippen molar-refractivity contribution in [2.75, 3.05) is 0 Å². The van der Waals surface area contributed by atoms with E-state index in [1.165, 1.54) is 23.5 Å². The highest BCUT2D eigenvalue weighted by molar-refractivity contribution is 7.74. The second-order valence-electron chi connectivity index (χ2n) is 8.20. The Morgan fingerprint density at radius 2 is 0.879 bits per heavy atom. The fraction of sp³-hybridized carbons (Fsp3) is 0.172. The summed E-state index contributed by atoms with van der Waals surface area (Å²) in [5.74, 6) is 1.77. The Bertz CT molecular complexity index is 1030. The first-order chi connectivity index (χ1) is 16.4. The van der Waals surface area contributed by atoms with Gasteiger partial charge >= 0.3 is 0 Å². The molecule has 0 N–H and O–H groups in total. The molecule has 33 heavy (non-hydrogen) atoms. The molecule has 4 aromatic rings. The van der Waals surface area contributed by atoms with Gasteiger partial charge in [-0.1, -0.05) is 103 Å². The minimum absolute atomic E-state index is 0.368. The number of hydrogen-bond acceptors (Lipinski definition) is 2. The normalized spacial score (nSPS) is 17.9. The van der Waals surface area contributed by atoms with Crippen LogP contribution >= 0.6 is 16.3 Å². The van der Waals surface area contributed by atoms with Crippen LogP contribution in [0.4, 0.5) is 0 Å². The van der Waals surface area contributed by atoms with Crippen LogP contribution in [-0.2, 0) is 0 Å². The molecule has 166 valence electrons. The third-order valence-corrected chi connectivity index (χ3v) is 11.2. The van der Waals surface area contributed by atoms with Gasteiger partial charge in [0.05, 0.1) is 5.66 Å². The lowest BCUT2D eigenvalue weighted by molar-refractivity contribution is 0.473. The molecule has 1 fully saturated rings. The van der Waals surface area contributed by atoms with E-state index >= 15 is 0 Å². The van der Waals surface area contributed by atoms with E-state index in [9.17, 15) is 0 Å². The van der Waals surface area contributed by atoms with Crippen molar-refractivity contribution in [2.45, 2.75) is 30.6 Å². The van der Waals surface area contributed by atoms with Crippen molar-refractivity contribution in [3.05, 3.63) is 121 Å². The maximum Gasteiger partial charge on any atom is 0.294 e. The monoisotopic (exact) mass is 470 g/mol. The van der Waals surface area contributed by atoms with Crippen molar-refractivity contribution in [3.8, 4) is 11.5 Å². The van der Waals surface area contributed by atoms with E-state index in [1.807, 2.05) is 60.7 Å². The first-order valence-electron chi connectivity index (χ1n) is 11.5. The number of para-hydroxylation sites is 2. The van der Waals surface area contributed by atoms with Crippen LogP contribution in [0.1, 0.15) is 19.3 Å². The molecule has 0 spiro atoms. The summed E-state index contributed by atoms with van der Waals surface area (Å²) in [6.07, 6.45) is 3.55. The molecule has 4 aromatic carbocycles. The minimum Gasteiger partial charge on any atom is -0.438 e. The molecule has 0 heterocycles. The van der Waals surface area contributed by atoms with Crippen molar-refractivity contribution < 1.29 is 9.05 Å². The van der Waals surface area contributed by atoms with Crippen molar-refractivity contribution in [1.82, 2.24) is 0 Å². The van der Waals surface area contributed by atoms with Crippen LogP contribution < -0.4 is 19.7 Å². The lowest BCUT2D eigenvalue weighted by Crippen LogP contribution is -2.28.